The van der Waals surface area contributed by atoms with Crippen molar-refractivity contribution in [3.8, 4) is 0 Å². The van der Waals surface area contributed by atoms with E-state index in [1.807, 2.05) is 13.0 Å². The minimum atomic E-state index is -0.475. The van der Waals surface area contributed by atoms with E-state index in [1.54, 1.807) is 12.1 Å². The van der Waals surface area contributed by atoms with Crippen LogP contribution in [0.2, 0.25) is 5.02 Å². The molecule has 3 rings (SSSR count). The zero-order chi connectivity index (χ0) is 15.9. The predicted molar refractivity (Wildman–Crippen MR) is 83.7 cm³/mol. The molecular weight excluding hydrogens is 303 g/mol. The number of primary amides is 1. The standard InChI is InChI=1S/C17H16ClFN2O/c1-2-15-12(17(20)22)5-6-16(21-15)11-4-3-10-13(11)7-9(18)8-14(10)19/h5-8,11H,2-4H2,1H3,(H2,20,22)/t11-/m1/s1. The van der Waals surface area contributed by atoms with Crippen LogP contribution in [0.25, 0.3) is 0 Å². The Labute approximate surface area is 133 Å². The highest BCUT2D eigenvalue weighted by Crippen LogP contribution is 2.40. The number of benzene rings is 1. The Kier molecular flexibility index (Phi) is 3.87. The van der Waals surface area contributed by atoms with E-state index in [0.717, 1.165) is 17.7 Å². The number of amides is 1. The van der Waals surface area contributed by atoms with Gasteiger partial charge >= 0.3 is 0 Å². The van der Waals surface area contributed by atoms with Crippen molar-refractivity contribution >= 4 is 17.5 Å². The molecule has 22 heavy (non-hydrogen) atoms. The van der Waals surface area contributed by atoms with Gasteiger partial charge in [-0.3, -0.25) is 9.78 Å². The SMILES string of the molecule is CCc1nc([C@@H]2CCc3c(F)cc(Cl)cc32)ccc1C(N)=O. The summed E-state index contributed by atoms with van der Waals surface area (Å²) in [6, 6.07) is 6.68. The number of aromatic nitrogens is 1. The molecule has 1 aliphatic carbocycles. The normalized spacial score (nSPS) is 16.6. The van der Waals surface area contributed by atoms with Gasteiger partial charge in [-0.15, -0.1) is 0 Å². The smallest absolute Gasteiger partial charge is 0.250 e. The number of fused-ring (bicyclic) bond motifs is 1. The molecule has 2 N–H and O–H groups in total. The molecule has 0 saturated heterocycles. The first-order chi connectivity index (χ1) is 10.5. The fraction of sp³-hybridized carbons (Fsp3) is 0.294. The number of nitrogens with zero attached hydrogens (tertiary/aromatic N) is 1. The Morgan fingerprint density at radius 3 is 2.91 bits per heavy atom. The van der Waals surface area contributed by atoms with E-state index >= 15 is 0 Å². The summed E-state index contributed by atoms with van der Waals surface area (Å²) in [6.07, 6.45) is 2.08. The molecule has 1 aliphatic rings. The average Bonchev–Trinajstić information content (AvgIpc) is 2.90. The van der Waals surface area contributed by atoms with Gasteiger partial charge in [-0.05, 0) is 54.7 Å². The molecule has 0 aliphatic heterocycles. The van der Waals surface area contributed by atoms with Crippen LogP contribution in [0, 0.1) is 5.82 Å². The monoisotopic (exact) mass is 318 g/mol. The zero-order valence-electron chi connectivity index (χ0n) is 12.2. The summed E-state index contributed by atoms with van der Waals surface area (Å²) in [5.74, 6) is -0.721. The molecule has 0 spiro atoms. The summed E-state index contributed by atoms with van der Waals surface area (Å²) >= 11 is 5.99. The first-order valence-corrected chi connectivity index (χ1v) is 7.66. The maximum Gasteiger partial charge on any atom is 0.250 e. The number of carbonyl (C=O) groups is 1. The Morgan fingerprint density at radius 1 is 1.45 bits per heavy atom. The van der Waals surface area contributed by atoms with E-state index < -0.39 is 5.91 Å². The number of hydrogen-bond acceptors (Lipinski definition) is 2. The van der Waals surface area contributed by atoms with Gasteiger partial charge in [-0.2, -0.15) is 0 Å². The maximum absolute atomic E-state index is 14.0. The molecule has 0 saturated carbocycles. The van der Waals surface area contributed by atoms with Crippen molar-refractivity contribution in [2.24, 2.45) is 5.73 Å². The lowest BCUT2D eigenvalue weighted by molar-refractivity contribution is 0.0999. The van der Waals surface area contributed by atoms with E-state index in [0.29, 0.717) is 34.7 Å². The van der Waals surface area contributed by atoms with Crippen molar-refractivity contribution < 1.29 is 9.18 Å². The van der Waals surface area contributed by atoms with E-state index in [4.69, 9.17) is 17.3 Å². The third-order valence-electron chi connectivity index (χ3n) is 4.21. The van der Waals surface area contributed by atoms with E-state index in [1.165, 1.54) is 6.07 Å². The van der Waals surface area contributed by atoms with Crippen LogP contribution in [-0.4, -0.2) is 10.9 Å². The summed E-state index contributed by atoms with van der Waals surface area (Å²) in [5, 5.41) is 0.396. The van der Waals surface area contributed by atoms with Gasteiger partial charge in [0.25, 0.3) is 5.91 Å². The van der Waals surface area contributed by atoms with Crippen LogP contribution >= 0.6 is 11.6 Å². The fourth-order valence-electron chi connectivity index (χ4n) is 3.16. The summed E-state index contributed by atoms with van der Waals surface area (Å²) < 4.78 is 14.0. The molecule has 1 aromatic carbocycles. The number of aryl methyl sites for hydroxylation is 1. The minimum absolute atomic E-state index is 0.00965. The Balaban J connectivity index is 2.06. The molecule has 0 radical (unpaired) electrons. The Morgan fingerprint density at radius 2 is 2.23 bits per heavy atom. The second-order valence-electron chi connectivity index (χ2n) is 5.49. The van der Waals surface area contributed by atoms with Crippen LogP contribution in [0.4, 0.5) is 4.39 Å². The first kappa shape index (κ1) is 15.0. The quantitative estimate of drug-likeness (QED) is 0.939. The van der Waals surface area contributed by atoms with E-state index in [9.17, 15) is 9.18 Å². The lowest BCUT2D eigenvalue weighted by Gasteiger charge is -2.14. The number of pyridine rings is 1. The van der Waals surface area contributed by atoms with Gasteiger partial charge in [0, 0.05) is 16.6 Å². The van der Waals surface area contributed by atoms with Crippen LogP contribution in [-0.2, 0) is 12.8 Å². The number of rotatable bonds is 3. The molecule has 3 nitrogen and oxygen atoms in total. The number of hydrogen-bond donors (Lipinski definition) is 1. The van der Waals surface area contributed by atoms with Crippen molar-refractivity contribution in [1.82, 2.24) is 4.98 Å². The van der Waals surface area contributed by atoms with Gasteiger partial charge in [0.15, 0.2) is 0 Å². The molecule has 1 amide bonds. The van der Waals surface area contributed by atoms with Crippen LogP contribution in [0.5, 0.6) is 0 Å². The van der Waals surface area contributed by atoms with Crippen molar-refractivity contribution in [2.75, 3.05) is 0 Å². The molecule has 1 heterocycles. The Hall–Kier alpha value is -1.94. The summed E-state index contributed by atoms with van der Waals surface area (Å²) in [7, 11) is 0. The van der Waals surface area contributed by atoms with E-state index in [-0.39, 0.29) is 11.7 Å². The van der Waals surface area contributed by atoms with Gasteiger partial charge < -0.3 is 5.73 Å². The van der Waals surface area contributed by atoms with Gasteiger partial charge in [0.1, 0.15) is 5.82 Å². The molecule has 114 valence electrons. The number of carbonyl (C=O) groups excluding carboxylic acids is 1. The molecule has 1 atom stereocenters. The minimum Gasteiger partial charge on any atom is -0.366 e. The average molecular weight is 319 g/mol. The lowest BCUT2D eigenvalue weighted by atomic mass is 9.96. The van der Waals surface area contributed by atoms with Crippen LogP contribution < -0.4 is 5.73 Å². The number of nitrogens with two attached hydrogens (primary N) is 1. The molecule has 0 unspecified atom stereocenters. The Bertz CT molecular complexity index is 761. The molecular formula is C17H16ClFN2O. The van der Waals surface area contributed by atoms with Crippen LogP contribution in [0.3, 0.4) is 0 Å². The predicted octanol–water partition coefficient (Wildman–Crippen LogP) is 3.61. The summed E-state index contributed by atoms with van der Waals surface area (Å²) in [4.78, 5) is 16.0. The van der Waals surface area contributed by atoms with Gasteiger partial charge in [-0.1, -0.05) is 18.5 Å². The van der Waals surface area contributed by atoms with Crippen LogP contribution in [0.1, 0.15) is 52.1 Å². The van der Waals surface area contributed by atoms with Gasteiger partial charge in [0.2, 0.25) is 0 Å². The molecule has 0 fully saturated rings. The third kappa shape index (κ3) is 2.48. The molecule has 1 aromatic heterocycles. The van der Waals surface area contributed by atoms with Crippen LogP contribution in [0.15, 0.2) is 24.3 Å². The summed E-state index contributed by atoms with van der Waals surface area (Å²) in [6.45, 7) is 1.93. The van der Waals surface area contributed by atoms with Crippen molar-refractivity contribution in [2.45, 2.75) is 32.1 Å². The molecule has 5 heteroatoms. The lowest BCUT2D eigenvalue weighted by Crippen LogP contribution is -2.16. The number of halogens is 2. The highest BCUT2D eigenvalue weighted by molar-refractivity contribution is 6.30. The zero-order valence-corrected chi connectivity index (χ0v) is 13.0. The fourth-order valence-corrected chi connectivity index (χ4v) is 3.37. The molecule has 0 bridgehead atoms. The second-order valence-corrected chi connectivity index (χ2v) is 5.93. The maximum atomic E-state index is 14.0. The van der Waals surface area contributed by atoms with Crippen molar-refractivity contribution in [3.63, 3.8) is 0 Å². The highest BCUT2D eigenvalue weighted by atomic mass is 35.5. The van der Waals surface area contributed by atoms with Crippen molar-refractivity contribution in [3.05, 3.63) is 63.2 Å². The summed E-state index contributed by atoms with van der Waals surface area (Å²) in [5.41, 5.74) is 8.94. The van der Waals surface area contributed by atoms with Gasteiger partial charge in [0.05, 0.1) is 11.3 Å². The third-order valence-corrected chi connectivity index (χ3v) is 4.42. The second kappa shape index (κ2) is 5.69. The van der Waals surface area contributed by atoms with Gasteiger partial charge in [-0.25, -0.2) is 4.39 Å². The van der Waals surface area contributed by atoms with Crippen molar-refractivity contribution in [1.29, 1.82) is 0 Å². The topological polar surface area (TPSA) is 56.0 Å². The first-order valence-electron chi connectivity index (χ1n) is 7.28. The highest BCUT2D eigenvalue weighted by Gasteiger charge is 2.28. The molecule has 2 aromatic rings. The van der Waals surface area contributed by atoms with E-state index in [2.05, 4.69) is 4.98 Å². The largest absolute Gasteiger partial charge is 0.366 e.